The van der Waals surface area contributed by atoms with Gasteiger partial charge in [0.05, 0.1) is 112 Å². The summed E-state index contributed by atoms with van der Waals surface area (Å²) in [7, 11) is 0. The maximum atomic E-state index is 13.2. The molecular weight excluding hydrogens is 1120 g/mol. The van der Waals surface area contributed by atoms with Crippen LogP contribution in [0.25, 0.3) is 0 Å². The average molecular weight is 1210 g/mol. The second kappa shape index (κ2) is 38.8. The molecule has 0 saturated carbocycles. The first-order valence-electron chi connectivity index (χ1n) is 26.7. The summed E-state index contributed by atoms with van der Waals surface area (Å²) in [4.78, 5) is 115. The molecule has 1 heterocycles. The third kappa shape index (κ3) is 27.3. The van der Waals surface area contributed by atoms with Gasteiger partial charge in [-0.05, 0) is 12.8 Å². The van der Waals surface area contributed by atoms with Crippen molar-refractivity contribution in [2.45, 2.75) is 66.2 Å². The number of aliphatic carboxylic acids is 4. The molecule has 0 spiro atoms. The van der Waals surface area contributed by atoms with Crippen molar-refractivity contribution >= 4 is 47.5 Å². The molecule has 1 saturated heterocycles. The number of aliphatic hydroxyl groups excluding tert-OH is 12. The highest BCUT2D eigenvalue weighted by Gasteiger charge is 2.44. The summed E-state index contributed by atoms with van der Waals surface area (Å²) in [6.45, 7) is -14.8. The molecule has 20 N–H and O–H groups in total. The number of carboxylic acid groups (broad SMARTS) is 4. The maximum absolute atomic E-state index is 13.2. The molecule has 0 bridgehead atoms. The molecule has 35 heteroatoms. The third-order valence-electron chi connectivity index (χ3n) is 14.1. The van der Waals surface area contributed by atoms with Crippen LogP contribution in [0, 0.1) is 0 Å². The van der Waals surface area contributed by atoms with Crippen molar-refractivity contribution in [3.8, 4) is 0 Å². The van der Waals surface area contributed by atoms with Crippen LogP contribution in [-0.4, -0.2) is 377 Å². The molecule has 0 radical (unpaired) electrons. The molecule has 4 amide bonds. The molecular formula is C48H90N10O25. The van der Waals surface area contributed by atoms with E-state index in [1.807, 2.05) is 0 Å². The zero-order valence-electron chi connectivity index (χ0n) is 46.8. The highest BCUT2D eigenvalue weighted by molar-refractivity contribution is 5.79. The van der Waals surface area contributed by atoms with Crippen LogP contribution in [0.1, 0.15) is 38.5 Å². The molecule has 0 atom stereocenters. The Morgan fingerprint density at radius 2 is 0.687 bits per heavy atom. The molecule has 0 aromatic carbocycles. The van der Waals surface area contributed by atoms with E-state index in [4.69, 9.17) is 4.84 Å². The van der Waals surface area contributed by atoms with Crippen molar-refractivity contribution in [1.29, 1.82) is 0 Å². The first-order chi connectivity index (χ1) is 39.3. The van der Waals surface area contributed by atoms with Gasteiger partial charge in [-0.2, -0.15) is 5.06 Å². The first kappa shape index (κ1) is 76.0. The number of carbonyl (C=O) groups excluding carboxylic acids is 4. The smallest absolute Gasteiger partial charge is 0.317 e. The number of hydroxylamine groups is 2. The summed E-state index contributed by atoms with van der Waals surface area (Å²) < 4.78 is 0. The molecule has 1 rings (SSSR count). The Bertz CT molecular complexity index is 1750. The standard InChI is InChI=1S/C48H90N10O25/c59-24-44(25-60,26-61)49-36(71)2-7-53(8-3-37(72)50-45(27-62,28-63)29-64)13-15-58(16-14-54(9-4-38(73)51-46(30-65,31-66)32-67)10-5-39(74)52-47(33-68,34-69)35-70)83-17-1-6-48(57(20-42(79)80)21-43(81)82)22-55(18-40(75)76)11-12-56(23-48)19-41(77)78/h59-70H,1-35H2,(H,49,71)(H,50,72)(H,51,73)(H,52,74)(H,75,76)(H,77,78)(H,79,80)(H,81,82). The largest absolute Gasteiger partial charge is 0.480 e. The van der Waals surface area contributed by atoms with Crippen LogP contribution in [-0.2, 0) is 43.2 Å². The van der Waals surface area contributed by atoms with Crippen molar-refractivity contribution in [2.75, 3.05) is 191 Å². The van der Waals surface area contributed by atoms with Crippen LogP contribution in [0.15, 0.2) is 0 Å². The van der Waals surface area contributed by atoms with Gasteiger partial charge in [0.2, 0.25) is 23.6 Å². The van der Waals surface area contributed by atoms with Crippen molar-refractivity contribution in [3.63, 3.8) is 0 Å². The number of aliphatic hydroxyl groups is 12. The lowest BCUT2D eigenvalue weighted by Gasteiger charge is -2.45. The van der Waals surface area contributed by atoms with Gasteiger partial charge in [0.25, 0.3) is 0 Å². The van der Waals surface area contributed by atoms with E-state index in [1.54, 1.807) is 9.80 Å². The van der Waals surface area contributed by atoms with Gasteiger partial charge in [0.15, 0.2) is 0 Å². The van der Waals surface area contributed by atoms with Crippen LogP contribution in [0.5, 0.6) is 0 Å². The predicted octanol–water partition coefficient (Wildman–Crippen LogP) is -11.5. The molecule has 0 aromatic rings. The minimum absolute atomic E-state index is 0.00589. The third-order valence-corrected chi connectivity index (χ3v) is 14.1. The quantitative estimate of drug-likeness (QED) is 0.0199. The monoisotopic (exact) mass is 1210 g/mol. The van der Waals surface area contributed by atoms with Gasteiger partial charge in [-0.1, -0.05) is 0 Å². The van der Waals surface area contributed by atoms with E-state index >= 15 is 0 Å². The van der Waals surface area contributed by atoms with Crippen LogP contribution in [0.3, 0.4) is 0 Å². The number of hydrogen-bond acceptors (Lipinski definition) is 27. The fourth-order valence-electron chi connectivity index (χ4n) is 8.77. The number of nitrogens with one attached hydrogen (secondary N) is 4. The Kier molecular flexibility index (Phi) is 35.6. The molecule has 35 nitrogen and oxygen atoms in total. The second-order valence-corrected chi connectivity index (χ2v) is 20.8. The number of amides is 4. The molecule has 1 fully saturated rings. The summed E-state index contributed by atoms with van der Waals surface area (Å²) in [5.41, 5.74) is -8.77. The fourth-order valence-corrected chi connectivity index (χ4v) is 8.77. The summed E-state index contributed by atoms with van der Waals surface area (Å²) in [5.74, 6) is -8.47. The lowest BCUT2D eigenvalue weighted by atomic mass is 9.89. The van der Waals surface area contributed by atoms with E-state index in [9.17, 15) is 120 Å². The SMILES string of the molecule is O=C(O)CN1CCN(CC(=O)O)CC(CCCON(CCN(CCC(=O)NC(CO)(CO)CO)CCC(=O)NC(CO)(CO)CO)CCN(CCC(=O)NC(CO)(CO)CO)CCC(=O)NC(CO)(CO)CO)(N(CC(=O)O)CC(=O)O)C1. The average Bonchev–Trinajstić information content (AvgIpc) is 3.96. The molecule has 0 unspecified atom stereocenters. The number of carbonyl (C=O) groups is 8. The van der Waals surface area contributed by atoms with E-state index in [0.29, 0.717) is 0 Å². The van der Waals surface area contributed by atoms with E-state index in [1.165, 1.54) is 14.9 Å². The Hall–Kier alpha value is -5.00. The molecule has 1 aliphatic heterocycles. The summed E-state index contributed by atoms with van der Waals surface area (Å²) in [6.07, 6.45) is -1.64. The van der Waals surface area contributed by atoms with E-state index in [-0.39, 0.29) is 124 Å². The highest BCUT2D eigenvalue weighted by atomic mass is 16.7. The zero-order valence-corrected chi connectivity index (χ0v) is 46.8. The van der Waals surface area contributed by atoms with Gasteiger partial charge in [-0.3, -0.25) is 57.9 Å². The number of rotatable bonds is 48. The van der Waals surface area contributed by atoms with Crippen molar-refractivity contribution < 1.29 is 125 Å². The number of hydrogen-bond donors (Lipinski definition) is 20. The minimum atomic E-state index is -1.81. The second-order valence-electron chi connectivity index (χ2n) is 20.8. The highest BCUT2D eigenvalue weighted by Crippen LogP contribution is 2.28. The Morgan fingerprint density at radius 3 is 0.928 bits per heavy atom. The van der Waals surface area contributed by atoms with Gasteiger partial charge in [-0.15, -0.1) is 0 Å². The van der Waals surface area contributed by atoms with Gasteiger partial charge in [0.1, 0.15) is 22.2 Å². The molecule has 482 valence electrons. The maximum Gasteiger partial charge on any atom is 0.317 e. The van der Waals surface area contributed by atoms with Crippen molar-refractivity contribution in [2.24, 2.45) is 0 Å². The van der Waals surface area contributed by atoms with Crippen LogP contribution < -0.4 is 21.3 Å². The van der Waals surface area contributed by atoms with Crippen LogP contribution >= 0.6 is 0 Å². The predicted molar refractivity (Wildman–Crippen MR) is 284 cm³/mol. The van der Waals surface area contributed by atoms with Gasteiger partial charge < -0.3 is 113 Å². The lowest BCUT2D eigenvalue weighted by molar-refractivity contribution is -0.167. The molecule has 0 aliphatic carbocycles. The van der Waals surface area contributed by atoms with Crippen molar-refractivity contribution in [3.05, 3.63) is 0 Å². The first-order valence-corrected chi connectivity index (χ1v) is 26.7. The number of nitrogens with zero attached hydrogens (tertiary/aromatic N) is 6. The summed E-state index contributed by atoms with van der Waals surface area (Å²) >= 11 is 0. The Balaban J connectivity index is 3.91. The van der Waals surface area contributed by atoms with Gasteiger partial charge >= 0.3 is 23.9 Å². The molecule has 83 heavy (non-hydrogen) atoms. The van der Waals surface area contributed by atoms with Gasteiger partial charge in [0, 0.05) is 110 Å². The topological polar surface area (TPSA) is 537 Å². The summed E-state index contributed by atoms with van der Waals surface area (Å²) in [6, 6.07) is 0. The van der Waals surface area contributed by atoms with Crippen LogP contribution in [0.2, 0.25) is 0 Å². The normalized spacial score (nSPS) is 14.7. The van der Waals surface area contributed by atoms with Crippen molar-refractivity contribution in [1.82, 2.24) is 50.8 Å². The molecule has 0 aromatic heterocycles. The van der Waals surface area contributed by atoms with Gasteiger partial charge in [-0.25, -0.2) is 0 Å². The zero-order chi connectivity index (χ0) is 62.9. The van der Waals surface area contributed by atoms with E-state index < -0.39 is 181 Å². The van der Waals surface area contributed by atoms with E-state index in [2.05, 4.69) is 21.3 Å². The Morgan fingerprint density at radius 1 is 0.410 bits per heavy atom. The Labute approximate surface area is 479 Å². The van der Waals surface area contributed by atoms with Crippen LogP contribution in [0.4, 0.5) is 0 Å². The number of carboxylic acids is 4. The van der Waals surface area contributed by atoms with E-state index in [0.717, 1.165) is 4.90 Å². The lowest BCUT2D eigenvalue weighted by Crippen LogP contribution is -2.62. The minimum Gasteiger partial charge on any atom is -0.480 e. The summed E-state index contributed by atoms with van der Waals surface area (Å²) in [5, 5.41) is 168. The molecule has 1 aliphatic rings. The fraction of sp³-hybridized carbons (Fsp3) is 0.833.